The molecule has 0 unspecified atom stereocenters. The molecule has 0 spiro atoms. The molecule has 5 heteroatoms. The van der Waals surface area contributed by atoms with Crippen LogP contribution in [0.5, 0.6) is 5.75 Å². The van der Waals surface area contributed by atoms with Gasteiger partial charge in [0.15, 0.2) is 0 Å². The second kappa shape index (κ2) is 6.34. The van der Waals surface area contributed by atoms with Crippen molar-refractivity contribution in [3.63, 3.8) is 0 Å². The molecule has 2 heterocycles. The van der Waals surface area contributed by atoms with Crippen LogP contribution in [0.15, 0.2) is 39.5 Å². The second-order valence-corrected chi connectivity index (χ2v) is 6.38. The van der Waals surface area contributed by atoms with E-state index in [4.69, 9.17) is 9.15 Å². The number of rotatable bonds is 5. The van der Waals surface area contributed by atoms with E-state index in [1.54, 1.807) is 6.07 Å². The molecule has 23 heavy (non-hydrogen) atoms. The molecule has 1 aromatic heterocycles. The van der Waals surface area contributed by atoms with Crippen LogP contribution in [0.2, 0.25) is 0 Å². The molecule has 0 bridgehead atoms. The lowest BCUT2D eigenvalue weighted by Crippen LogP contribution is -2.48. The van der Waals surface area contributed by atoms with Gasteiger partial charge in [0, 0.05) is 38.8 Å². The molecule has 0 amide bonds. The molecule has 1 aliphatic heterocycles. The fraction of sp³-hybridized carbons (Fsp3) is 0.500. The minimum Gasteiger partial charge on any atom is -0.491 e. The Hall–Kier alpha value is -1.85. The molecule has 0 atom stereocenters. The van der Waals surface area contributed by atoms with E-state index in [9.17, 15) is 4.79 Å². The summed E-state index contributed by atoms with van der Waals surface area (Å²) in [7, 11) is 0. The van der Waals surface area contributed by atoms with E-state index in [0.717, 1.165) is 31.1 Å². The van der Waals surface area contributed by atoms with E-state index in [1.165, 1.54) is 32.0 Å². The van der Waals surface area contributed by atoms with Crippen LogP contribution in [0.4, 0.5) is 0 Å². The van der Waals surface area contributed by atoms with Crippen LogP contribution in [-0.2, 0) is 0 Å². The van der Waals surface area contributed by atoms with Gasteiger partial charge in [-0.2, -0.15) is 0 Å². The summed E-state index contributed by atoms with van der Waals surface area (Å²) < 4.78 is 11.1. The van der Waals surface area contributed by atoms with Crippen LogP contribution in [0.1, 0.15) is 12.8 Å². The quantitative estimate of drug-likeness (QED) is 0.790. The van der Waals surface area contributed by atoms with E-state index < -0.39 is 0 Å². The van der Waals surface area contributed by atoms with Gasteiger partial charge in [-0.25, -0.2) is 4.79 Å². The summed E-state index contributed by atoms with van der Waals surface area (Å²) in [6.45, 7) is 6.05. The fourth-order valence-corrected chi connectivity index (χ4v) is 3.28. The topological polar surface area (TPSA) is 45.9 Å². The van der Waals surface area contributed by atoms with Crippen LogP contribution in [0, 0.1) is 0 Å². The van der Waals surface area contributed by atoms with Gasteiger partial charge in [-0.05, 0) is 25.0 Å². The summed E-state index contributed by atoms with van der Waals surface area (Å²) in [5.74, 6) is 0.619. The first-order chi connectivity index (χ1) is 11.3. The van der Waals surface area contributed by atoms with Crippen LogP contribution < -0.4 is 10.4 Å². The minimum atomic E-state index is -0.364. The van der Waals surface area contributed by atoms with Crippen LogP contribution in [0.25, 0.3) is 11.0 Å². The number of hydrogen-bond donors (Lipinski definition) is 0. The van der Waals surface area contributed by atoms with Gasteiger partial charge in [0.2, 0.25) is 0 Å². The summed E-state index contributed by atoms with van der Waals surface area (Å²) in [4.78, 5) is 16.7. The third kappa shape index (κ3) is 3.41. The average Bonchev–Trinajstić information content (AvgIpc) is 3.40. The Morgan fingerprint density at radius 3 is 2.70 bits per heavy atom. The second-order valence-electron chi connectivity index (χ2n) is 6.38. The first-order valence-electron chi connectivity index (χ1n) is 8.42. The number of para-hydroxylation sites is 1. The van der Waals surface area contributed by atoms with Crippen molar-refractivity contribution in [1.29, 1.82) is 0 Å². The van der Waals surface area contributed by atoms with Gasteiger partial charge in [-0.3, -0.25) is 9.80 Å². The van der Waals surface area contributed by atoms with Crippen molar-refractivity contribution in [3.8, 4) is 5.75 Å². The van der Waals surface area contributed by atoms with Gasteiger partial charge in [0.25, 0.3) is 0 Å². The Morgan fingerprint density at radius 2 is 1.91 bits per heavy atom. The number of piperazine rings is 1. The maximum atomic E-state index is 11.6. The maximum Gasteiger partial charge on any atom is 0.339 e. The van der Waals surface area contributed by atoms with Crippen molar-refractivity contribution < 1.29 is 9.15 Å². The van der Waals surface area contributed by atoms with Crippen LogP contribution in [-0.4, -0.2) is 55.2 Å². The lowest BCUT2D eigenvalue weighted by Gasteiger charge is -2.34. The zero-order chi connectivity index (χ0) is 15.6. The molecule has 2 fully saturated rings. The molecule has 0 radical (unpaired) electrons. The molecule has 1 saturated heterocycles. The zero-order valence-electron chi connectivity index (χ0n) is 13.2. The molecule has 5 nitrogen and oxygen atoms in total. The molecule has 1 aliphatic carbocycles. The molecule has 1 saturated carbocycles. The fourth-order valence-electron chi connectivity index (χ4n) is 3.28. The van der Waals surface area contributed by atoms with Gasteiger partial charge >= 0.3 is 5.63 Å². The lowest BCUT2D eigenvalue weighted by atomic mass is 10.2. The number of nitrogens with zero attached hydrogens (tertiary/aromatic N) is 2. The Bertz CT molecular complexity index is 730. The number of benzene rings is 1. The van der Waals surface area contributed by atoms with Gasteiger partial charge < -0.3 is 9.15 Å². The summed E-state index contributed by atoms with van der Waals surface area (Å²) in [6, 6.07) is 9.79. The highest BCUT2D eigenvalue weighted by atomic mass is 16.5. The van der Waals surface area contributed by atoms with Gasteiger partial charge in [0.05, 0.1) is 11.5 Å². The van der Waals surface area contributed by atoms with E-state index in [1.807, 2.05) is 18.2 Å². The molecule has 122 valence electrons. The Balaban J connectivity index is 1.34. The van der Waals surface area contributed by atoms with Crippen molar-refractivity contribution in [3.05, 3.63) is 40.8 Å². The third-order valence-corrected chi connectivity index (χ3v) is 4.75. The molecule has 2 aromatic rings. The minimum absolute atomic E-state index is 0.364. The zero-order valence-corrected chi connectivity index (χ0v) is 13.2. The largest absolute Gasteiger partial charge is 0.491 e. The summed E-state index contributed by atoms with van der Waals surface area (Å²) in [5.41, 5.74) is 0.213. The predicted molar refractivity (Wildman–Crippen MR) is 89.0 cm³/mol. The summed E-state index contributed by atoms with van der Waals surface area (Å²) in [6.07, 6.45) is 2.76. The molecule has 2 aliphatic rings. The van der Waals surface area contributed by atoms with Gasteiger partial charge in [0.1, 0.15) is 17.9 Å². The Labute approximate surface area is 135 Å². The summed E-state index contributed by atoms with van der Waals surface area (Å²) in [5, 5.41) is 0.852. The smallest absolute Gasteiger partial charge is 0.339 e. The van der Waals surface area contributed by atoms with E-state index in [2.05, 4.69) is 9.80 Å². The molecule has 1 aromatic carbocycles. The van der Waals surface area contributed by atoms with Crippen molar-refractivity contribution in [1.82, 2.24) is 9.80 Å². The van der Waals surface area contributed by atoms with Gasteiger partial charge in [-0.15, -0.1) is 0 Å². The summed E-state index contributed by atoms with van der Waals surface area (Å²) >= 11 is 0. The third-order valence-electron chi connectivity index (χ3n) is 4.75. The number of ether oxygens (including phenoxy) is 1. The standard InChI is InChI=1S/C18H22N2O3/c21-18-13-17(15-3-1-2-4-16(15)23-18)22-12-11-19-7-9-20(10-8-19)14-5-6-14/h1-4,13-14H,5-12H2. The first kappa shape index (κ1) is 14.7. The monoisotopic (exact) mass is 314 g/mol. The van der Waals surface area contributed by atoms with Crippen molar-refractivity contribution in [2.24, 2.45) is 0 Å². The van der Waals surface area contributed by atoms with E-state index >= 15 is 0 Å². The Morgan fingerprint density at radius 1 is 1.13 bits per heavy atom. The van der Waals surface area contributed by atoms with Gasteiger partial charge in [-0.1, -0.05) is 12.1 Å². The molecule has 4 rings (SSSR count). The average molecular weight is 314 g/mol. The van der Waals surface area contributed by atoms with Crippen molar-refractivity contribution in [2.75, 3.05) is 39.3 Å². The van der Waals surface area contributed by atoms with Crippen molar-refractivity contribution >= 4 is 11.0 Å². The number of fused-ring (bicyclic) bond motifs is 1. The highest BCUT2D eigenvalue weighted by molar-refractivity contribution is 5.82. The van der Waals surface area contributed by atoms with Crippen LogP contribution in [0.3, 0.4) is 0 Å². The highest BCUT2D eigenvalue weighted by Crippen LogP contribution is 2.27. The molecular weight excluding hydrogens is 292 g/mol. The first-order valence-corrected chi connectivity index (χ1v) is 8.42. The number of hydrogen-bond acceptors (Lipinski definition) is 5. The van der Waals surface area contributed by atoms with E-state index in [-0.39, 0.29) is 5.63 Å². The Kier molecular flexibility index (Phi) is 4.06. The SMILES string of the molecule is O=c1cc(OCCN2CCN(C3CC3)CC2)c2ccccc2o1. The highest BCUT2D eigenvalue weighted by Gasteiger charge is 2.30. The lowest BCUT2D eigenvalue weighted by molar-refractivity contribution is 0.112. The van der Waals surface area contributed by atoms with Crippen LogP contribution >= 0.6 is 0 Å². The normalized spacial score (nSPS) is 20.0. The maximum absolute atomic E-state index is 11.6. The predicted octanol–water partition coefficient (Wildman–Crippen LogP) is 1.95. The molecule has 0 N–H and O–H groups in total. The molecular formula is C18H22N2O3. The van der Waals surface area contributed by atoms with Crippen molar-refractivity contribution in [2.45, 2.75) is 18.9 Å². The van der Waals surface area contributed by atoms with E-state index in [0.29, 0.717) is 17.9 Å².